The molecule has 11 nitrogen and oxygen atoms in total. The number of carbonyl (C=O) groups excluding carboxylic acids is 2. The normalized spacial score (nSPS) is 18.7. The lowest BCUT2D eigenvalue weighted by Gasteiger charge is -2.24. The number of ether oxygens (including phenoxy) is 3. The third kappa shape index (κ3) is 4.85. The molecule has 45 heavy (non-hydrogen) atoms. The number of hydrogen-bond acceptors (Lipinski definition) is 10. The number of aromatic amines is 1. The van der Waals surface area contributed by atoms with Crippen LogP contribution >= 0.6 is 11.3 Å². The SMILES string of the molecule is CCOc1ccc(-c2nccs2)nc1Nc1n[nH]c2cc([C@@H]3C[C@@]34C(=O)N(C(=O)OC(C)(C)C)c3ccc(OC)cc34)ccc12. The number of pyridine rings is 1. The molecule has 1 aliphatic heterocycles. The summed E-state index contributed by atoms with van der Waals surface area (Å²) in [6.45, 7) is 7.75. The Labute approximate surface area is 263 Å². The molecule has 1 fully saturated rings. The van der Waals surface area contributed by atoms with Crippen molar-refractivity contribution in [2.24, 2.45) is 0 Å². The van der Waals surface area contributed by atoms with Crippen LogP contribution in [0, 0.1) is 0 Å². The van der Waals surface area contributed by atoms with Crippen LogP contribution < -0.4 is 19.7 Å². The van der Waals surface area contributed by atoms with E-state index in [9.17, 15) is 9.59 Å². The number of H-pyrrole nitrogens is 1. The lowest BCUT2D eigenvalue weighted by atomic mass is 9.91. The molecule has 1 aliphatic carbocycles. The first-order valence-electron chi connectivity index (χ1n) is 14.7. The van der Waals surface area contributed by atoms with Crippen LogP contribution in [0.4, 0.5) is 22.1 Å². The van der Waals surface area contributed by atoms with Crippen molar-refractivity contribution in [3.63, 3.8) is 0 Å². The summed E-state index contributed by atoms with van der Waals surface area (Å²) in [5.41, 5.74) is 2.16. The fourth-order valence-corrected chi connectivity index (χ4v) is 6.65. The van der Waals surface area contributed by atoms with Crippen molar-refractivity contribution in [2.45, 2.75) is 51.0 Å². The van der Waals surface area contributed by atoms with Gasteiger partial charge in [0, 0.05) is 22.9 Å². The number of nitrogens with zero attached hydrogens (tertiary/aromatic N) is 4. The maximum atomic E-state index is 14.1. The number of hydrogen-bond donors (Lipinski definition) is 2. The zero-order valence-electron chi connectivity index (χ0n) is 25.5. The van der Waals surface area contributed by atoms with Crippen molar-refractivity contribution >= 4 is 51.6 Å². The molecule has 1 spiro atoms. The quantitative estimate of drug-likeness (QED) is 0.198. The molecule has 2 aromatic carbocycles. The number of carbonyl (C=O) groups is 2. The standard InChI is InChI=1S/C33H32N6O5S/c1-6-43-26-12-10-23(29-34-13-14-45-29)35-28(26)36-27-20-9-7-18(15-24(20)37-38-27)22-17-33(22)21-16-19(42-5)8-11-25(21)39(30(33)40)31(41)44-32(2,3)4/h7-16,22H,6,17H2,1-5H3,(H2,35,36,37,38)/t22-,33-/m0/s1. The molecule has 7 rings (SSSR count). The number of aromatic nitrogens is 4. The van der Waals surface area contributed by atoms with Crippen LogP contribution in [0.2, 0.25) is 0 Å². The molecule has 0 bridgehead atoms. The largest absolute Gasteiger partial charge is 0.497 e. The Hall–Kier alpha value is -4.97. The first-order valence-corrected chi connectivity index (χ1v) is 15.6. The van der Waals surface area contributed by atoms with Crippen LogP contribution in [0.15, 0.2) is 60.1 Å². The zero-order chi connectivity index (χ0) is 31.5. The molecule has 0 unspecified atom stereocenters. The molecule has 2 N–H and O–H groups in total. The van der Waals surface area contributed by atoms with Gasteiger partial charge in [-0.05, 0) is 87.7 Å². The number of benzene rings is 2. The van der Waals surface area contributed by atoms with Crippen molar-refractivity contribution < 1.29 is 23.8 Å². The Morgan fingerprint density at radius 3 is 2.73 bits per heavy atom. The lowest BCUT2D eigenvalue weighted by Crippen LogP contribution is -2.41. The summed E-state index contributed by atoms with van der Waals surface area (Å²) >= 11 is 1.51. The summed E-state index contributed by atoms with van der Waals surface area (Å²) in [5, 5.41) is 14.6. The van der Waals surface area contributed by atoms with Gasteiger partial charge in [0.1, 0.15) is 22.1 Å². The van der Waals surface area contributed by atoms with Gasteiger partial charge in [-0.15, -0.1) is 11.3 Å². The minimum Gasteiger partial charge on any atom is -0.497 e. The highest BCUT2D eigenvalue weighted by atomic mass is 32.1. The van der Waals surface area contributed by atoms with E-state index in [1.165, 1.54) is 16.2 Å². The maximum absolute atomic E-state index is 14.1. The van der Waals surface area contributed by atoms with E-state index in [-0.39, 0.29) is 11.8 Å². The van der Waals surface area contributed by atoms with Gasteiger partial charge < -0.3 is 19.5 Å². The van der Waals surface area contributed by atoms with Gasteiger partial charge in [0.2, 0.25) is 5.91 Å². The Bertz CT molecular complexity index is 1950. The number of imide groups is 1. The predicted molar refractivity (Wildman–Crippen MR) is 172 cm³/mol. The molecule has 4 heterocycles. The number of amides is 2. The first kappa shape index (κ1) is 28.8. The molecule has 2 atom stereocenters. The van der Waals surface area contributed by atoms with E-state index in [2.05, 4.69) is 20.5 Å². The number of nitrogens with one attached hydrogen (secondary N) is 2. The molecule has 0 radical (unpaired) electrons. The second-order valence-corrected chi connectivity index (χ2v) is 12.9. The van der Waals surface area contributed by atoms with Gasteiger partial charge in [-0.1, -0.05) is 6.07 Å². The molecule has 2 amide bonds. The molecular formula is C33H32N6O5S. The third-order valence-electron chi connectivity index (χ3n) is 8.08. The summed E-state index contributed by atoms with van der Waals surface area (Å²) in [4.78, 5) is 37.6. The highest BCUT2D eigenvalue weighted by molar-refractivity contribution is 7.13. The van der Waals surface area contributed by atoms with Crippen LogP contribution in [-0.2, 0) is 14.9 Å². The number of thiazole rings is 1. The zero-order valence-corrected chi connectivity index (χ0v) is 26.3. The Balaban J connectivity index is 1.21. The summed E-state index contributed by atoms with van der Waals surface area (Å²) in [5.74, 6) is 1.92. The average molecular weight is 625 g/mol. The minimum absolute atomic E-state index is 0.145. The molecule has 230 valence electrons. The van der Waals surface area contributed by atoms with Gasteiger partial charge in [-0.2, -0.15) is 5.10 Å². The Kier molecular flexibility index (Phi) is 6.77. The van der Waals surface area contributed by atoms with Crippen LogP contribution in [0.25, 0.3) is 21.6 Å². The summed E-state index contributed by atoms with van der Waals surface area (Å²) < 4.78 is 16.9. The Morgan fingerprint density at radius 1 is 1.16 bits per heavy atom. The topological polar surface area (TPSA) is 132 Å². The van der Waals surface area contributed by atoms with E-state index < -0.39 is 17.1 Å². The molecular weight excluding hydrogens is 592 g/mol. The number of rotatable bonds is 7. The number of anilines is 3. The van der Waals surface area contributed by atoms with Gasteiger partial charge in [-0.3, -0.25) is 9.89 Å². The van der Waals surface area contributed by atoms with E-state index in [1.807, 2.05) is 48.7 Å². The molecule has 2 aliphatic rings. The van der Waals surface area contributed by atoms with Crippen molar-refractivity contribution in [1.29, 1.82) is 0 Å². The number of fused-ring (bicyclic) bond motifs is 3. The fourth-order valence-electron chi connectivity index (χ4n) is 6.05. The Morgan fingerprint density at radius 2 is 2.00 bits per heavy atom. The highest BCUT2D eigenvalue weighted by Gasteiger charge is 2.68. The van der Waals surface area contributed by atoms with Gasteiger partial charge >= 0.3 is 6.09 Å². The molecule has 1 saturated carbocycles. The summed E-state index contributed by atoms with van der Waals surface area (Å²) in [6.07, 6.45) is 1.62. The summed E-state index contributed by atoms with van der Waals surface area (Å²) in [7, 11) is 1.58. The van der Waals surface area contributed by atoms with Crippen molar-refractivity contribution in [1.82, 2.24) is 20.2 Å². The van der Waals surface area contributed by atoms with Gasteiger partial charge in [0.05, 0.1) is 30.3 Å². The van der Waals surface area contributed by atoms with E-state index in [1.54, 1.807) is 46.2 Å². The van der Waals surface area contributed by atoms with E-state index in [0.717, 1.165) is 32.7 Å². The van der Waals surface area contributed by atoms with Crippen molar-refractivity contribution in [3.05, 3.63) is 71.2 Å². The molecule has 0 saturated heterocycles. The third-order valence-corrected chi connectivity index (χ3v) is 8.88. The van der Waals surface area contributed by atoms with E-state index >= 15 is 0 Å². The van der Waals surface area contributed by atoms with Crippen LogP contribution in [0.3, 0.4) is 0 Å². The van der Waals surface area contributed by atoms with E-state index in [0.29, 0.717) is 41.8 Å². The summed E-state index contributed by atoms with van der Waals surface area (Å²) in [6, 6.07) is 15.1. The van der Waals surface area contributed by atoms with Crippen LogP contribution in [-0.4, -0.2) is 51.5 Å². The maximum Gasteiger partial charge on any atom is 0.421 e. The second kappa shape index (κ2) is 10.6. The van der Waals surface area contributed by atoms with E-state index in [4.69, 9.17) is 19.2 Å². The number of methoxy groups -OCH3 is 1. The van der Waals surface area contributed by atoms with Crippen LogP contribution in [0.5, 0.6) is 11.5 Å². The first-order chi connectivity index (χ1) is 21.6. The van der Waals surface area contributed by atoms with Gasteiger partial charge in [0.25, 0.3) is 0 Å². The monoisotopic (exact) mass is 624 g/mol. The van der Waals surface area contributed by atoms with Gasteiger partial charge in [0.15, 0.2) is 17.4 Å². The molecule has 5 aromatic rings. The minimum atomic E-state index is -0.887. The second-order valence-electron chi connectivity index (χ2n) is 12.0. The van der Waals surface area contributed by atoms with Crippen LogP contribution in [0.1, 0.15) is 51.2 Å². The molecule has 3 aromatic heterocycles. The smallest absolute Gasteiger partial charge is 0.421 e. The fraction of sp³-hybridized carbons (Fsp3) is 0.303. The predicted octanol–water partition coefficient (Wildman–Crippen LogP) is 6.94. The van der Waals surface area contributed by atoms with Gasteiger partial charge in [-0.25, -0.2) is 19.7 Å². The van der Waals surface area contributed by atoms with Crippen molar-refractivity contribution in [2.75, 3.05) is 23.9 Å². The van der Waals surface area contributed by atoms with Crippen molar-refractivity contribution in [3.8, 4) is 22.2 Å². The highest BCUT2D eigenvalue weighted by Crippen LogP contribution is 2.67. The lowest BCUT2D eigenvalue weighted by molar-refractivity contribution is -0.120. The molecule has 12 heteroatoms. The average Bonchev–Trinajstić information content (AvgIpc) is 3.26.